The lowest BCUT2D eigenvalue weighted by Gasteiger charge is -2.29. The van der Waals surface area contributed by atoms with E-state index in [0.717, 1.165) is 39.3 Å². The summed E-state index contributed by atoms with van der Waals surface area (Å²) in [7, 11) is 0. The Hall–Kier alpha value is -3.51. The van der Waals surface area contributed by atoms with Gasteiger partial charge in [0.2, 0.25) is 6.79 Å². The highest BCUT2D eigenvalue weighted by atomic mass is 32.1. The maximum absolute atomic E-state index is 5.48. The summed E-state index contributed by atoms with van der Waals surface area (Å²) < 4.78 is 10.9. The molecule has 0 saturated carbocycles. The molecule has 0 fully saturated rings. The Morgan fingerprint density at radius 3 is 2.42 bits per heavy atom. The number of thiazole rings is 1. The molecule has 0 unspecified atom stereocenters. The fraction of sp³-hybridized carbons (Fsp3) is 0.160. The van der Waals surface area contributed by atoms with Crippen molar-refractivity contribution in [2.45, 2.75) is 19.9 Å². The van der Waals surface area contributed by atoms with Crippen LogP contribution in [-0.4, -0.2) is 17.8 Å². The fourth-order valence-electron chi connectivity index (χ4n) is 3.68. The van der Waals surface area contributed by atoms with E-state index in [-0.39, 0.29) is 6.79 Å². The standard InChI is InChI=1S/C25H23N3O2S/c1-17(2)28(20-6-4-3-5-7-20)21-11-9-19(10-12-21)26-25-27-22(15-31-25)18-8-13-23-24(14-18)30-16-29-23/h3-15,17H,16H2,1-2H3,(H,26,27). The minimum atomic E-state index is 0.275. The molecule has 156 valence electrons. The number of nitrogens with one attached hydrogen (secondary N) is 1. The molecule has 0 atom stereocenters. The molecule has 0 saturated heterocycles. The average Bonchev–Trinajstić information content (AvgIpc) is 3.44. The van der Waals surface area contributed by atoms with Crippen LogP contribution in [0.2, 0.25) is 0 Å². The van der Waals surface area contributed by atoms with Crippen molar-refractivity contribution in [1.29, 1.82) is 0 Å². The molecular weight excluding hydrogens is 406 g/mol. The lowest BCUT2D eigenvalue weighted by atomic mass is 10.1. The molecule has 1 aromatic heterocycles. The highest BCUT2D eigenvalue weighted by Crippen LogP contribution is 2.37. The van der Waals surface area contributed by atoms with E-state index in [1.54, 1.807) is 11.3 Å². The van der Waals surface area contributed by atoms with Gasteiger partial charge in [0.05, 0.1) is 5.69 Å². The summed E-state index contributed by atoms with van der Waals surface area (Å²) in [5, 5.41) is 6.31. The van der Waals surface area contributed by atoms with Crippen LogP contribution < -0.4 is 19.7 Å². The van der Waals surface area contributed by atoms with E-state index in [1.165, 1.54) is 5.69 Å². The second-order valence-corrected chi connectivity index (χ2v) is 8.44. The first-order valence-corrected chi connectivity index (χ1v) is 11.1. The minimum absolute atomic E-state index is 0.275. The van der Waals surface area contributed by atoms with Gasteiger partial charge in [0, 0.05) is 34.0 Å². The van der Waals surface area contributed by atoms with Crippen molar-refractivity contribution in [1.82, 2.24) is 4.98 Å². The molecule has 3 aromatic carbocycles. The number of ether oxygens (including phenoxy) is 2. The quantitative estimate of drug-likeness (QED) is 0.364. The van der Waals surface area contributed by atoms with Crippen molar-refractivity contribution < 1.29 is 9.47 Å². The van der Waals surface area contributed by atoms with Gasteiger partial charge in [0.1, 0.15) is 0 Å². The maximum Gasteiger partial charge on any atom is 0.231 e. The fourth-order valence-corrected chi connectivity index (χ4v) is 4.42. The van der Waals surface area contributed by atoms with Gasteiger partial charge in [-0.2, -0.15) is 0 Å². The average molecular weight is 430 g/mol. The van der Waals surface area contributed by atoms with E-state index < -0.39 is 0 Å². The molecule has 0 aliphatic carbocycles. The highest BCUT2D eigenvalue weighted by molar-refractivity contribution is 7.14. The van der Waals surface area contributed by atoms with Gasteiger partial charge in [0.25, 0.3) is 0 Å². The molecule has 31 heavy (non-hydrogen) atoms. The smallest absolute Gasteiger partial charge is 0.231 e. The first-order valence-electron chi connectivity index (χ1n) is 10.2. The topological polar surface area (TPSA) is 46.6 Å². The van der Waals surface area contributed by atoms with Crippen molar-refractivity contribution in [3.05, 3.63) is 78.2 Å². The van der Waals surface area contributed by atoms with E-state index >= 15 is 0 Å². The minimum Gasteiger partial charge on any atom is -0.454 e. The molecule has 2 heterocycles. The van der Waals surface area contributed by atoms with Crippen LogP contribution in [0.1, 0.15) is 13.8 Å². The van der Waals surface area contributed by atoms with Gasteiger partial charge >= 0.3 is 0 Å². The third kappa shape index (κ3) is 4.07. The number of hydrogen-bond donors (Lipinski definition) is 1. The zero-order chi connectivity index (χ0) is 21.2. The number of nitrogens with zero attached hydrogens (tertiary/aromatic N) is 2. The zero-order valence-electron chi connectivity index (χ0n) is 17.4. The lowest BCUT2D eigenvalue weighted by Crippen LogP contribution is -2.25. The second-order valence-electron chi connectivity index (χ2n) is 7.58. The largest absolute Gasteiger partial charge is 0.454 e. The Balaban J connectivity index is 1.32. The van der Waals surface area contributed by atoms with Crippen molar-refractivity contribution in [3.63, 3.8) is 0 Å². The molecule has 5 rings (SSSR count). The summed E-state index contributed by atoms with van der Waals surface area (Å²) in [6.07, 6.45) is 0. The van der Waals surface area contributed by atoms with Gasteiger partial charge in [-0.05, 0) is 68.4 Å². The Labute approximate surface area is 185 Å². The molecule has 1 aliphatic rings. The molecule has 4 aromatic rings. The van der Waals surface area contributed by atoms with E-state index in [1.807, 2.05) is 29.6 Å². The summed E-state index contributed by atoms with van der Waals surface area (Å²) in [5.74, 6) is 1.55. The van der Waals surface area contributed by atoms with Crippen LogP contribution in [0.15, 0.2) is 78.2 Å². The van der Waals surface area contributed by atoms with Gasteiger partial charge < -0.3 is 19.7 Å². The van der Waals surface area contributed by atoms with Crippen molar-refractivity contribution in [3.8, 4) is 22.8 Å². The third-order valence-corrected chi connectivity index (χ3v) is 5.88. The van der Waals surface area contributed by atoms with Gasteiger partial charge in [-0.3, -0.25) is 0 Å². The molecule has 0 spiro atoms. The number of fused-ring (bicyclic) bond motifs is 1. The van der Waals surface area contributed by atoms with Crippen LogP contribution in [0.4, 0.5) is 22.2 Å². The zero-order valence-corrected chi connectivity index (χ0v) is 18.2. The molecule has 0 radical (unpaired) electrons. The van der Waals surface area contributed by atoms with E-state index in [0.29, 0.717) is 6.04 Å². The Morgan fingerprint density at radius 2 is 1.65 bits per heavy atom. The summed E-state index contributed by atoms with van der Waals surface area (Å²) in [6.45, 7) is 4.68. The summed E-state index contributed by atoms with van der Waals surface area (Å²) in [5.41, 5.74) is 5.28. The third-order valence-electron chi connectivity index (χ3n) is 5.12. The van der Waals surface area contributed by atoms with Crippen LogP contribution in [0.25, 0.3) is 11.3 Å². The van der Waals surface area contributed by atoms with E-state index in [2.05, 4.69) is 72.6 Å². The molecule has 6 heteroatoms. The van der Waals surface area contributed by atoms with Gasteiger partial charge in [-0.1, -0.05) is 18.2 Å². The SMILES string of the molecule is CC(C)N(c1ccccc1)c1ccc(Nc2nc(-c3ccc4c(c3)OCO4)cs2)cc1. The molecular formula is C25H23N3O2S. The Kier molecular flexibility index (Phi) is 5.22. The maximum atomic E-state index is 5.48. The summed E-state index contributed by atoms with van der Waals surface area (Å²) in [4.78, 5) is 7.06. The normalized spacial score (nSPS) is 12.2. The predicted molar refractivity (Wildman–Crippen MR) is 127 cm³/mol. The number of para-hydroxylation sites is 1. The molecule has 1 aliphatic heterocycles. The van der Waals surface area contributed by atoms with Crippen molar-refractivity contribution >= 4 is 33.5 Å². The number of benzene rings is 3. The van der Waals surface area contributed by atoms with Crippen LogP contribution in [0.3, 0.4) is 0 Å². The lowest BCUT2D eigenvalue weighted by molar-refractivity contribution is 0.174. The highest BCUT2D eigenvalue weighted by Gasteiger charge is 2.16. The van der Waals surface area contributed by atoms with Crippen LogP contribution in [-0.2, 0) is 0 Å². The molecule has 5 nitrogen and oxygen atoms in total. The summed E-state index contributed by atoms with van der Waals surface area (Å²) >= 11 is 1.58. The molecule has 0 amide bonds. The monoisotopic (exact) mass is 429 g/mol. The van der Waals surface area contributed by atoms with Gasteiger partial charge in [0.15, 0.2) is 16.6 Å². The van der Waals surface area contributed by atoms with Crippen LogP contribution in [0.5, 0.6) is 11.5 Å². The van der Waals surface area contributed by atoms with E-state index in [4.69, 9.17) is 14.5 Å². The second kappa shape index (κ2) is 8.32. The number of aromatic nitrogens is 1. The number of hydrogen-bond acceptors (Lipinski definition) is 6. The summed E-state index contributed by atoms with van der Waals surface area (Å²) in [6, 6.07) is 25.2. The number of rotatable bonds is 6. The van der Waals surface area contributed by atoms with Crippen LogP contribution in [0, 0.1) is 0 Å². The number of anilines is 4. The van der Waals surface area contributed by atoms with Crippen LogP contribution >= 0.6 is 11.3 Å². The first-order chi connectivity index (χ1) is 15.2. The Bertz CT molecular complexity index is 1170. The van der Waals surface area contributed by atoms with E-state index in [9.17, 15) is 0 Å². The van der Waals surface area contributed by atoms with Crippen molar-refractivity contribution in [2.75, 3.05) is 17.0 Å². The Morgan fingerprint density at radius 1 is 0.903 bits per heavy atom. The van der Waals surface area contributed by atoms with Gasteiger partial charge in [-0.25, -0.2) is 4.98 Å². The predicted octanol–water partition coefficient (Wildman–Crippen LogP) is 6.83. The molecule has 1 N–H and O–H groups in total. The van der Waals surface area contributed by atoms with Gasteiger partial charge in [-0.15, -0.1) is 11.3 Å². The molecule has 0 bridgehead atoms. The van der Waals surface area contributed by atoms with Crippen molar-refractivity contribution in [2.24, 2.45) is 0 Å². The first kappa shape index (κ1) is 19.5.